The maximum Gasteiger partial charge on any atom is 0.0572 e. The van der Waals surface area contributed by atoms with Gasteiger partial charge in [0.15, 0.2) is 0 Å². The van der Waals surface area contributed by atoms with Crippen molar-refractivity contribution in [1.82, 2.24) is 9.88 Å². The van der Waals surface area contributed by atoms with Crippen molar-refractivity contribution in [3.8, 4) is 0 Å². The Labute approximate surface area is 91.8 Å². The van der Waals surface area contributed by atoms with Gasteiger partial charge in [-0.25, -0.2) is 0 Å². The maximum atomic E-state index is 9.02. The second kappa shape index (κ2) is 5.83. The fraction of sp³-hybridized carbons (Fsp3) is 0.583. The Kier molecular flexibility index (Phi) is 4.72. The second-order valence-corrected chi connectivity index (χ2v) is 3.99. The van der Waals surface area contributed by atoms with E-state index < -0.39 is 0 Å². The van der Waals surface area contributed by atoms with E-state index in [9.17, 15) is 0 Å². The molecule has 0 saturated heterocycles. The number of hydrogen-bond acceptors (Lipinski definition) is 3. The van der Waals surface area contributed by atoms with Crippen LogP contribution < -0.4 is 0 Å². The first kappa shape index (κ1) is 12.1. The minimum atomic E-state index is 0.190. The highest BCUT2D eigenvalue weighted by molar-refractivity contribution is 5.08. The average molecular weight is 208 g/mol. The van der Waals surface area contributed by atoms with E-state index in [0.717, 1.165) is 5.69 Å². The van der Waals surface area contributed by atoms with E-state index in [4.69, 9.17) is 5.11 Å². The smallest absolute Gasteiger partial charge is 0.0572 e. The topological polar surface area (TPSA) is 36.4 Å². The van der Waals surface area contributed by atoms with Crippen LogP contribution in [0.4, 0.5) is 0 Å². The van der Waals surface area contributed by atoms with Gasteiger partial charge in [0.25, 0.3) is 0 Å². The maximum absolute atomic E-state index is 9.02. The molecule has 84 valence electrons. The number of aliphatic hydroxyl groups excluding tert-OH is 1. The Bertz CT molecular complexity index is 274. The third kappa shape index (κ3) is 3.29. The summed E-state index contributed by atoms with van der Waals surface area (Å²) in [5.74, 6) is 0. The van der Waals surface area contributed by atoms with Crippen molar-refractivity contribution in [1.29, 1.82) is 0 Å². The minimum Gasteiger partial charge on any atom is -0.395 e. The molecule has 0 aliphatic rings. The van der Waals surface area contributed by atoms with E-state index in [1.54, 1.807) is 0 Å². The largest absolute Gasteiger partial charge is 0.395 e. The Balaban J connectivity index is 2.76. The van der Waals surface area contributed by atoms with Crippen molar-refractivity contribution in [2.75, 3.05) is 13.2 Å². The van der Waals surface area contributed by atoms with Crippen LogP contribution in [0.5, 0.6) is 0 Å². The SMILES string of the molecule is CC(C)N(CCO)[C@@H](C)c1ccccn1. The molecule has 1 heterocycles. The van der Waals surface area contributed by atoms with Crippen LogP contribution in [-0.2, 0) is 0 Å². The lowest BCUT2D eigenvalue weighted by Crippen LogP contribution is -2.36. The van der Waals surface area contributed by atoms with Crippen LogP contribution in [-0.4, -0.2) is 34.2 Å². The third-order valence-corrected chi connectivity index (χ3v) is 2.63. The Morgan fingerprint density at radius 2 is 2.07 bits per heavy atom. The number of pyridine rings is 1. The zero-order valence-corrected chi connectivity index (χ0v) is 9.72. The van der Waals surface area contributed by atoms with Gasteiger partial charge in [-0.1, -0.05) is 6.07 Å². The number of hydrogen-bond donors (Lipinski definition) is 1. The predicted octanol–water partition coefficient (Wildman–Crippen LogP) is 1.85. The molecule has 0 aliphatic heterocycles. The van der Waals surface area contributed by atoms with Crippen molar-refractivity contribution in [2.45, 2.75) is 32.9 Å². The molecule has 0 radical (unpaired) electrons. The van der Waals surface area contributed by atoms with Crippen molar-refractivity contribution in [3.05, 3.63) is 30.1 Å². The van der Waals surface area contributed by atoms with Gasteiger partial charge in [0, 0.05) is 24.8 Å². The Morgan fingerprint density at radius 3 is 2.53 bits per heavy atom. The number of rotatable bonds is 5. The van der Waals surface area contributed by atoms with Gasteiger partial charge < -0.3 is 5.11 Å². The third-order valence-electron chi connectivity index (χ3n) is 2.63. The lowest BCUT2D eigenvalue weighted by atomic mass is 10.1. The highest BCUT2D eigenvalue weighted by Gasteiger charge is 2.18. The normalized spacial score (nSPS) is 13.5. The second-order valence-electron chi connectivity index (χ2n) is 3.99. The highest BCUT2D eigenvalue weighted by Crippen LogP contribution is 2.19. The van der Waals surface area contributed by atoms with E-state index >= 15 is 0 Å². The lowest BCUT2D eigenvalue weighted by Gasteiger charge is -2.31. The van der Waals surface area contributed by atoms with Gasteiger partial charge in [-0.15, -0.1) is 0 Å². The molecule has 15 heavy (non-hydrogen) atoms. The monoisotopic (exact) mass is 208 g/mol. The fourth-order valence-electron chi connectivity index (χ4n) is 1.81. The molecule has 1 aromatic heterocycles. The van der Waals surface area contributed by atoms with Crippen LogP contribution in [0.25, 0.3) is 0 Å². The van der Waals surface area contributed by atoms with Gasteiger partial charge in [-0.05, 0) is 32.9 Å². The molecule has 1 N–H and O–H groups in total. The first-order valence-electron chi connectivity index (χ1n) is 5.44. The first-order valence-corrected chi connectivity index (χ1v) is 5.44. The van der Waals surface area contributed by atoms with E-state index in [1.165, 1.54) is 0 Å². The zero-order valence-electron chi connectivity index (χ0n) is 9.72. The molecule has 0 unspecified atom stereocenters. The molecule has 0 amide bonds. The molecule has 3 nitrogen and oxygen atoms in total. The first-order chi connectivity index (χ1) is 7.16. The summed E-state index contributed by atoms with van der Waals surface area (Å²) in [6, 6.07) is 6.60. The molecule has 0 fully saturated rings. The molecule has 1 atom stereocenters. The van der Waals surface area contributed by atoms with Gasteiger partial charge >= 0.3 is 0 Å². The molecule has 0 spiro atoms. The van der Waals surface area contributed by atoms with Crippen molar-refractivity contribution >= 4 is 0 Å². The van der Waals surface area contributed by atoms with Crippen molar-refractivity contribution < 1.29 is 5.11 Å². The minimum absolute atomic E-state index is 0.190. The van der Waals surface area contributed by atoms with E-state index in [1.807, 2.05) is 24.4 Å². The standard InChI is InChI=1S/C12H20N2O/c1-10(2)14(8-9-15)11(3)12-6-4-5-7-13-12/h4-7,10-11,15H,8-9H2,1-3H3/t11-/m0/s1. The average Bonchev–Trinajstić information content (AvgIpc) is 2.26. The van der Waals surface area contributed by atoms with Gasteiger partial charge in [-0.2, -0.15) is 0 Å². The van der Waals surface area contributed by atoms with E-state index in [2.05, 4.69) is 30.7 Å². The molecular formula is C12H20N2O. The predicted molar refractivity (Wildman–Crippen MR) is 61.6 cm³/mol. The van der Waals surface area contributed by atoms with Crippen LogP contribution >= 0.6 is 0 Å². The Hall–Kier alpha value is -0.930. The fourth-order valence-corrected chi connectivity index (χ4v) is 1.81. The van der Waals surface area contributed by atoms with Gasteiger partial charge in [0.05, 0.1) is 12.3 Å². The summed E-state index contributed by atoms with van der Waals surface area (Å²) >= 11 is 0. The molecule has 1 aromatic rings. The van der Waals surface area contributed by atoms with Crippen LogP contribution in [0.2, 0.25) is 0 Å². The number of aromatic nitrogens is 1. The summed E-state index contributed by atoms with van der Waals surface area (Å²) in [4.78, 5) is 6.58. The summed E-state index contributed by atoms with van der Waals surface area (Å²) in [6.07, 6.45) is 1.81. The zero-order chi connectivity index (χ0) is 11.3. The molecule has 1 rings (SSSR count). The summed E-state index contributed by atoms with van der Waals surface area (Å²) in [6.45, 7) is 7.27. The van der Waals surface area contributed by atoms with Gasteiger partial charge in [0.1, 0.15) is 0 Å². The van der Waals surface area contributed by atoms with Crippen molar-refractivity contribution in [2.24, 2.45) is 0 Å². The van der Waals surface area contributed by atoms with Gasteiger partial charge in [-0.3, -0.25) is 9.88 Å². The molecular weight excluding hydrogens is 188 g/mol. The summed E-state index contributed by atoms with van der Waals surface area (Å²) in [5.41, 5.74) is 1.06. The quantitative estimate of drug-likeness (QED) is 0.802. The van der Waals surface area contributed by atoms with Crippen LogP contribution in [0.15, 0.2) is 24.4 Å². The van der Waals surface area contributed by atoms with E-state index in [-0.39, 0.29) is 12.6 Å². The molecule has 3 heteroatoms. The van der Waals surface area contributed by atoms with Crippen LogP contribution in [0.3, 0.4) is 0 Å². The van der Waals surface area contributed by atoms with E-state index in [0.29, 0.717) is 12.6 Å². The highest BCUT2D eigenvalue weighted by atomic mass is 16.3. The van der Waals surface area contributed by atoms with Crippen LogP contribution in [0, 0.1) is 0 Å². The summed E-state index contributed by atoms with van der Waals surface area (Å²) < 4.78 is 0. The summed E-state index contributed by atoms with van der Waals surface area (Å²) in [5, 5.41) is 9.02. The molecule has 0 saturated carbocycles. The number of aliphatic hydroxyl groups is 1. The summed E-state index contributed by atoms with van der Waals surface area (Å²) in [7, 11) is 0. The molecule has 0 aromatic carbocycles. The van der Waals surface area contributed by atoms with Crippen molar-refractivity contribution in [3.63, 3.8) is 0 Å². The van der Waals surface area contributed by atoms with Crippen LogP contribution in [0.1, 0.15) is 32.5 Å². The Morgan fingerprint density at radius 1 is 1.33 bits per heavy atom. The lowest BCUT2D eigenvalue weighted by molar-refractivity contribution is 0.124. The molecule has 0 bridgehead atoms. The number of nitrogens with zero attached hydrogens (tertiary/aromatic N) is 2. The van der Waals surface area contributed by atoms with Gasteiger partial charge in [0.2, 0.25) is 0 Å². The molecule has 0 aliphatic carbocycles.